The van der Waals surface area contributed by atoms with Crippen molar-refractivity contribution < 1.29 is 19.4 Å². The zero-order valence-corrected chi connectivity index (χ0v) is 12.2. The fraction of sp³-hybridized carbons (Fsp3) is 0.500. The molecule has 1 saturated heterocycles. The Kier molecular flexibility index (Phi) is 4.19. The molecule has 6 nitrogen and oxygen atoms in total. The SMILES string of the molecule is O=C(O)C1CNCCN1Cc1cc(Cl)c2c(c1)OCCO2. The molecule has 1 aromatic rings. The molecule has 1 fully saturated rings. The zero-order chi connectivity index (χ0) is 14.8. The number of carboxylic acids is 1. The van der Waals surface area contributed by atoms with E-state index in [9.17, 15) is 9.90 Å². The van der Waals surface area contributed by atoms with E-state index in [1.165, 1.54) is 0 Å². The summed E-state index contributed by atoms with van der Waals surface area (Å²) in [5.74, 6) is 0.387. The van der Waals surface area contributed by atoms with Crippen LogP contribution in [0.15, 0.2) is 12.1 Å². The molecule has 2 aliphatic heterocycles. The number of fused-ring (bicyclic) bond motifs is 1. The van der Waals surface area contributed by atoms with Crippen LogP contribution in [0.5, 0.6) is 11.5 Å². The topological polar surface area (TPSA) is 71.0 Å². The number of hydrogen-bond acceptors (Lipinski definition) is 5. The molecule has 3 rings (SSSR count). The average Bonchev–Trinajstić information content (AvgIpc) is 2.47. The maximum Gasteiger partial charge on any atom is 0.322 e. The van der Waals surface area contributed by atoms with E-state index in [0.29, 0.717) is 49.4 Å². The molecular weight excluding hydrogens is 296 g/mol. The van der Waals surface area contributed by atoms with Crippen LogP contribution in [-0.4, -0.2) is 54.9 Å². The van der Waals surface area contributed by atoms with Crippen molar-refractivity contribution in [3.05, 3.63) is 22.7 Å². The number of hydrogen-bond donors (Lipinski definition) is 2. The lowest BCUT2D eigenvalue weighted by molar-refractivity contribution is -0.144. The Morgan fingerprint density at radius 2 is 2.24 bits per heavy atom. The van der Waals surface area contributed by atoms with Gasteiger partial charge in [-0.1, -0.05) is 11.6 Å². The first kappa shape index (κ1) is 14.4. The predicted octanol–water partition coefficient (Wildman–Crippen LogP) is 0.970. The molecule has 1 atom stereocenters. The maximum absolute atomic E-state index is 11.3. The third-order valence-corrected chi connectivity index (χ3v) is 3.96. The molecule has 0 aliphatic carbocycles. The van der Waals surface area contributed by atoms with Crippen LogP contribution in [0, 0.1) is 0 Å². The van der Waals surface area contributed by atoms with Gasteiger partial charge in [-0.25, -0.2) is 0 Å². The van der Waals surface area contributed by atoms with Gasteiger partial charge in [-0.3, -0.25) is 9.69 Å². The molecule has 0 amide bonds. The fourth-order valence-electron chi connectivity index (χ4n) is 2.67. The van der Waals surface area contributed by atoms with E-state index in [1.807, 2.05) is 17.0 Å². The molecule has 2 aliphatic rings. The standard InChI is InChI=1S/C14H17ClN2O4/c15-10-5-9(6-12-13(10)21-4-3-20-12)8-17-2-1-16-7-11(17)14(18)19/h5-6,11,16H,1-4,7-8H2,(H,18,19). The molecule has 0 bridgehead atoms. The summed E-state index contributed by atoms with van der Waals surface area (Å²) in [6.45, 7) is 3.43. The Labute approximate surface area is 127 Å². The number of nitrogens with one attached hydrogen (secondary N) is 1. The van der Waals surface area contributed by atoms with Crippen molar-refractivity contribution in [3.8, 4) is 11.5 Å². The van der Waals surface area contributed by atoms with Crippen LogP contribution in [-0.2, 0) is 11.3 Å². The van der Waals surface area contributed by atoms with Crippen molar-refractivity contribution in [2.24, 2.45) is 0 Å². The molecule has 0 spiro atoms. The fourth-order valence-corrected chi connectivity index (χ4v) is 2.96. The second-order valence-electron chi connectivity index (χ2n) is 5.13. The highest BCUT2D eigenvalue weighted by molar-refractivity contribution is 6.32. The Balaban J connectivity index is 1.80. The van der Waals surface area contributed by atoms with Gasteiger partial charge >= 0.3 is 5.97 Å². The summed E-state index contributed by atoms with van der Waals surface area (Å²) >= 11 is 6.21. The van der Waals surface area contributed by atoms with Gasteiger partial charge in [-0.15, -0.1) is 0 Å². The zero-order valence-electron chi connectivity index (χ0n) is 11.5. The van der Waals surface area contributed by atoms with Crippen LogP contribution in [0.2, 0.25) is 5.02 Å². The number of benzene rings is 1. The third kappa shape index (κ3) is 3.07. The maximum atomic E-state index is 11.3. The Bertz CT molecular complexity index is 552. The van der Waals surface area contributed by atoms with Crippen LogP contribution >= 0.6 is 11.6 Å². The van der Waals surface area contributed by atoms with E-state index in [4.69, 9.17) is 21.1 Å². The minimum Gasteiger partial charge on any atom is -0.486 e. The summed E-state index contributed by atoms with van der Waals surface area (Å²) in [5.41, 5.74) is 0.928. The Morgan fingerprint density at radius 1 is 1.43 bits per heavy atom. The Hall–Kier alpha value is -1.50. The molecule has 21 heavy (non-hydrogen) atoms. The third-order valence-electron chi connectivity index (χ3n) is 3.68. The van der Waals surface area contributed by atoms with Gasteiger partial charge in [0.15, 0.2) is 11.5 Å². The van der Waals surface area contributed by atoms with E-state index in [0.717, 1.165) is 12.1 Å². The van der Waals surface area contributed by atoms with Crippen molar-refractivity contribution in [2.75, 3.05) is 32.8 Å². The van der Waals surface area contributed by atoms with Gasteiger partial charge in [-0.05, 0) is 17.7 Å². The number of ether oxygens (including phenoxy) is 2. The number of carbonyl (C=O) groups is 1. The Morgan fingerprint density at radius 3 is 3.05 bits per heavy atom. The molecule has 7 heteroatoms. The quantitative estimate of drug-likeness (QED) is 0.866. The van der Waals surface area contributed by atoms with Crippen molar-refractivity contribution in [2.45, 2.75) is 12.6 Å². The van der Waals surface area contributed by atoms with E-state index < -0.39 is 12.0 Å². The molecule has 2 N–H and O–H groups in total. The summed E-state index contributed by atoms with van der Waals surface area (Å²) in [6.07, 6.45) is 0. The van der Waals surface area contributed by atoms with Crippen molar-refractivity contribution in [1.82, 2.24) is 10.2 Å². The highest BCUT2D eigenvalue weighted by atomic mass is 35.5. The minimum absolute atomic E-state index is 0.452. The van der Waals surface area contributed by atoms with E-state index in [2.05, 4.69) is 5.32 Å². The minimum atomic E-state index is -0.814. The van der Waals surface area contributed by atoms with Gasteiger partial charge in [0.1, 0.15) is 19.3 Å². The molecule has 114 valence electrons. The van der Waals surface area contributed by atoms with Crippen LogP contribution < -0.4 is 14.8 Å². The van der Waals surface area contributed by atoms with Gasteiger partial charge in [0.2, 0.25) is 0 Å². The first-order valence-electron chi connectivity index (χ1n) is 6.91. The molecular formula is C14H17ClN2O4. The lowest BCUT2D eigenvalue weighted by Gasteiger charge is -2.33. The molecule has 1 aromatic carbocycles. The second-order valence-corrected chi connectivity index (χ2v) is 5.54. The summed E-state index contributed by atoms with van der Waals surface area (Å²) < 4.78 is 11.0. The number of rotatable bonds is 3. The van der Waals surface area contributed by atoms with Gasteiger partial charge in [-0.2, -0.15) is 0 Å². The second kappa shape index (κ2) is 6.09. The first-order chi connectivity index (χ1) is 10.1. The van der Waals surface area contributed by atoms with Gasteiger partial charge < -0.3 is 19.9 Å². The van der Waals surface area contributed by atoms with Crippen LogP contribution in [0.1, 0.15) is 5.56 Å². The molecule has 1 unspecified atom stereocenters. The summed E-state index contributed by atoms with van der Waals surface area (Å²) in [4.78, 5) is 13.2. The highest BCUT2D eigenvalue weighted by Crippen LogP contribution is 2.38. The number of nitrogens with zero attached hydrogens (tertiary/aromatic N) is 1. The number of aliphatic carboxylic acids is 1. The average molecular weight is 313 g/mol. The van der Waals surface area contributed by atoms with Crippen molar-refractivity contribution in [1.29, 1.82) is 0 Å². The highest BCUT2D eigenvalue weighted by Gasteiger charge is 2.28. The van der Waals surface area contributed by atoms with Gasteiger partial charge in [0, 0.05) is 26.2 Å². The largest absolute Gasteiger partial charge is 0.486 e. The van der Waals surface area contributed by atoms with Gasteiger partial charge in [0.05, 0.1) is 5.02 Å². The van der Waals surface area contributed by atoms with Crippen LogP contribution in [0.4, 0.5) is 0 Å². The van der Waals surface area contributed by atoms with E-state index in [1.54, 1.807) is 0 Å². The lowest BCUT2D eigenvalue weighted by Crippen LogP contribution is -2.54. The molecule has 2 heterocycles. The molecule has 0 radical (unpaired) electrons. The summed E-state index contributed by atoms with van der Waals surface area (Å²) in [7, 11) is 0. The molecule has 0 aromatic heterocycles. The lowest BCUT2D eigenvalue weighted by atomic mass is 10.1. The monoisotopic (exact) mass is 312 g/mol. The summed E-state index contributed by atoms with van der Waals surface area (Å²) in [5, 5.41) is 12.9. The van der Waals surface area contributed by atoms with Crippen LogP contribution in [0.3, 0.4) is 0 Å². The van der Waals surface area contributed by atoms with Crippen molar-refractivity contribution >= 4 is 17.6 Å². The van der Waals surface area contributed by atoms with Crippen LogP contribution in [0.25, 0.3) is 0 Å². The summed E-state index contributed by atoms with van der Waals surface area (Å²) in [6, 6.07) is 3.17. The van der Waals surface area contributed by atoms with E-state index in [-0.39, 0.29) is 0 Å². The predicted molar refractivity (Wildman–Crippen MR) is 77.1 cm³/mol. The van der Waals surface area contributed by atoms with Crippen molar-refractivity contribution in [3.63, 3.8) is 0 Å². The van der Waals surface area contributed by atoms with Gasteiger partial charge in [0.25, 0.3) is 0 Å². The number of carboxylic acid groups (broad SMARTS) is 1. The smallest absolute Gasteiger partial charge is 0.322 e. The number of piperazine rings is 1. The molecule has 0 saturated carbocycles. The normalized spacial score (nSPS) is 22.0. The van der Waals surface area contributed by atoms with E-state index >= 15 is 0 Å². The number of halogens is 1. The first-order valence-corrected chi connectivity index (χ1v) is 7.28.